The molecule has 0 amide bonds. The average Bonchev–Trinajstić information content (AvgIpc) is 3.08. The van der Waals surface area contributed by atoms with Crippen molar-refractivity contribution < 1.29 is 13.2 Å². The van der Waals surface area contributed by atoms with Crippen molar-refractivity contribution in [1.29, 1.82) is 0 Å². The van der Waals surface area contributed by atoms with Crippen LogP contribution in [0.5, 0.6) is 0 Å². The second kappa shape index (κ2) is 3.53. The largest absolute Gasteiger partial charge is 0.454 e. The maximum atomic E-state index is 14.7. The van der Waals surface area contributed by atoms with Crippen LogP contribution in [0, 0.1) is 11.7 Å². The molecule has 1 atom stereocenters. The van der Waals surface area contributed by atoms with Crippen molar-refractivity contribution in [3.05, 3.63) is 35.8 Å². The highest BCUT2D eigenvalue weighted by Crippen LogP contribution is 2.49. The van der Waals surface area contributed by atoms with Crippen molar-refractivity contribution in [3.8, 4) is 0 Å². The predicted molar refractivity (Wildman–Crippen MR) is 60.7 cm³/mol. The molecule has 2 N–H and O–H groups in total. The molecule has 0 aliphatic heterocycles. The van der Waals surface area contributed by atoms with Crippen molar-refractivity contribution in [2.75, 3.05) is 6.54 Å². The smallest absolute Gasteiger partial charge is 0.183 e. The second-order valence-electron chi connectivity index (χ2n) is 4.61. The molecule has 1 aromatic heterocycles. The van der Waals surface area contributed by atoms with Gasteiger partial charge in [-0.25, -0.2) is 8.78 Å². The van der Waals surface area contributed by atoms with Gasteiger partial charge in [0.05, 0.1) is 0 Å². The number of hydrogen-bond donors (Lipinski definition) is 1. The van der Waals surface area contributed by atoms with Gasteiger partial charge in [-0.2, -0.15) is 0 Å². The summed E-state index contributed by atoms with van der Waals surface area (Å²) < 4.78 is 33.5. The molecule has 17 heavy (non-hydrogen) atoms. The van der Waals surface area contributed by atoms with Crippen LogP contribution in [0.15, 0.2) is 28.7 Å². The lowest BCUT2D eigenvalue weighted by molar-refractivity contribution is 0.112. The number of furan rings is 1. The van der Waals surface area contributed by atoms with Gasteiger partial charge in [0.25, 0.3) is 0 Å². The van der Waals surface area contributed by atoms with Gasteiger partial charge in [-0.15, -0.1) is 0 Å². The van der Waals surface area contributed by atoms with Gasteiger partial charge in [0.2, 0.25) is 0 Å². The number of fused-ring (bicyclic) bond motifs is 1. The zero-order valence-electron chi connectivity index (χ0n) is 9.25. The SMILES string of the molecule is NCC(F)(c1cc2cccc(F)c2o1)C1CC1. The van der Waals surface area contributed by atoms with Crippen LogP contribution >= 0.6 is 0 Å². The molecular formula is C13H13F2NO. The van der Waals surface area contributed by atoms with Gasteiger partial charge >= 0.3 is 0 Å². The summed E-state index contributed by atoms with van der Waals surface area (Å²) in [7, 11) is 0. The molecule has 4 heteroatoms. The third-order valence-corrected chi connectivity index (χ3v) is 3.43. The zero-order valence-corrected chi connectivity index (χ0v) is 9.25. The van der Waals surface area contributed by atoms with Gasteiger partial charge in [-0.05, 0) is 25.0 Å². The lowest BCUT2D eigenvalue weighted by Gasteiger charge is -2.20. The molecule has 0 spiro atoms. The summed E-state index contributed by atoms with van der Waals surface area (Å²) in [5, 5.41) is 0.580. The fraction of sp³-hybridized carbons (Fsp3) is 0.385. The van der Waals surface area contributed by atoms with Gasteiger partial charge in [-0.3, -0.25) is 0 Å². The summed E-state index contributed by atoms with van der Waals surface area (Å²) in [6.45, 7) is -0.126. The van der Waals surface area contributed by atoms with Crippen LogP contribution in [-0.4, -0.2) is 6.54 Å². The standard InChI is InChI=1S/C13H13F2NO/c14-10-3-1-2-8-6-11(17-12(8)10)13(15,7-16)9-4-5-9/h1-3,6,9H,4-5,7,16H2. The molecule has 1 aliphatic rings. The van der Waals surface area contributed by atoms with E-state index in [1.165, 1.54) is 6.07 Å². The van der Waals surface area contributed by atoms with Crippen molar-refractivity contribution >= 4 is 11.0 Å². The summed E-state index contributed by atoms with van der Waals surface area (Å²) in [5.41, 5.74) is 3.97. The first kappa shape index (κ1) is 10.7. The molecule has 0 bridgehead atoms. The van der Waals surface area contributed by atoms with Gasteiger partial charge in [0, 0.05) is 17.8 Å². The van der Waals surface area contributed by atoms with Crippen LogP contribution in [0.1, 0.15) is 18.6 Å². The van der Waals surface area contributed by atoms with Crippen LogP contribution < -0.4 is 5.73 Å². The summed E-state index contributed by atoms with van der Waals surface area (Å²) in [6, 6.07) is 6.14. The van der Waals surface area contributed by atoms with E-state index in [1.807, 2.05) is 0 Å². The van der Waals surface area contributed by atoms with Gasteiger partial charge < -0.3 is 10.2 Å². The zero-order chi connectivity index (χ0) is 12.0. The number of alkyl halides is 1. The van der Waals surface area contributed by atoms with Crippen molar-refractivity contribution in [2.24, 2.45) is 11.7 Å². The molecule has 1 aromatic carbocycles. The second-order valence-corrected chi connectivity index (χ2v) is 4.61. The third-order valence-electron chi connectivity index (χ3n) is 3.43. The van der Waals surface area contributed by atoms with E-state index in [0.717, 1.165) is 12.8 Å². The number of nitrogens with two attached hydrogens (primary N) is 1. The van der Waals surface area contributed by atoms with E-state index in [-0.39, 0.29) is 23.8 Å². The number of benzene rings is 1. The number of halogens is 2. The van der Waals surface area contributed by atoms with Crippen LogP contribution in [0.4, 0.5) is 8.78 Å². The Balaban J connectivity index is 2.14. The van der Waals surface area contributed by atoms with E-state index in [4.69, 9.17) is 10.2 Å². The number of rotatable bonds is 3. The van der Waals surface area contributed by atoms with Gasteiger partial charge in [0.15, 0.2) is 17.1 Å². The first-order chi connectivity index (χ1) is 8.15. The van der Waals surface area contributed by atoms with Crippen LogP contribution in [0.25, 0.3) is 11.0 Å². The minimum Gasteiger partial charge on any atom is -0.454 e. The fourth-order valence-corrected chi connectivity index (χ4v) is 2.24. The lowest BCUT2D eigenvalue weighted by Crippen LogP contribution is -2.32. The fourth-order valence-electron chi connectivity index (χ4n) is 2.24. The molecule has 1 saturated carbocycles. The summed E-state index contributed by atoms with van der Waals surface area (Å²) >= 11 is 0. The van der Waals surface area contributed by atoms with E-state index < -0.39 is 11.5 Å². The topological polar surface area (TPSA) is 39.2 Å². The van der Waals surface area contributed by atoms with Gasteiger partial charge in [0.1, 0.15) is 5.76 Å². The highest BCUT2D eigenvalue weighted by molar-refractivity contribution is 5.78. The molecule has 1 fully saturated rings. The molecule has 2 nitrogen and oxygen atoms in total. The van der Waals surface area contributed by atoms with E-state index in [0.29, 0.717) is 5.39 Å². The van der Waals surface area contributed by atoms with E-state index in [9.17, 15) is 8.78 Å². The van der Waals surface area contributed by atoms with Crippen LogP contribution in [-0.2, 0) is 5.67 Å². The Kier molecular flexibility index (Phi) is 2.23. The maximum absolute atomic E-state index is 14.7. The molecule has 90 valence electrons. The highest BCUT2D eigenvalue weighted by Gasteiger charge is 2.48. The summed E-state index contributed by atoms with van der Waals surface area (Å²) in [6.07, 6.45) is 1.63. The Morgan fingerprint density at radius 3 is 2.76 bits per heavy atom. The molecule has 2 aromatic rings. The molecule has 1 heterocycles. The monoisotopic (exact) mass is 237 g/mol. The Morgan fingerprint density at radius 2 is 2.18 bits per heavy atom. The van der Waals surface area contributed by atoms with Crippen molar-refractivity contribution in [3.63, 3.8) is 0 Å². The molecular weight excluding hydrogens is 224 g/mol. The van der Waals surface area contributed by atoms with E-state index >= 15 is 0 Å². The molecule has 1 unspecified atom stereocenters. The predicted octanol–water partition coefficient (Wildman–Crippen LogP) is 3.11. The lowest BCUT2D eigenvalue weighted by atomic mass is 9.97. The summed E-state index contributed by atoms with van der Waals surface area (Å²) in [4.78, 5) is 0. The Morgan fingerprint density at radius 1 is 1.41 bits per heavy atom. The van der Waals surface area contributed by atoms with Crippen molar-refractivity contribution in [1.82, 2.24) is 0 Å². The molecule has 1 aliphatic carbocycles. The number of para-hydroxylation sites is 1. The maximum Gasteiger partial charge on any atom is 0.183 e. The van der Waals surface area contributed by atoms with Crippen molar-refractivity contribution in [2.45, 2.75) is 18.5 Å². The highest BCUT2D eigenvalue weighted by atomic mass is 19.1. The average molecular weight is 237 g/mol. The summed E-state index contributed by atoms with van der Waals surface area (Å²) in [5.74, 6) is -0.400. The van der Waals surface area contributed by atoms with E-state index in [2.05, 4.69) is 0 Å². The molecule has 0 radical (unpaired) electrons. The third kappa shape index (κ3) is 1.55. The Labute approximate surface area is 97.4 Å². The Bertz CT molecular complexity index is 562. The van der Waals surface area contributed by atoms with E-state index in [1.54, 1.807) is 18.2 Å². The minimum atomic E-state index is -1.65. The van der Waals surface area contributed by atoms with Crippen LogP contribution in [0.2, 0.25) is 0 Å². The molecule has 0 saturated heterocycles. The molecule has 3 rings (SSSR count). The first-order valence-electron chi connectivity index (χ1n) is 5.72. The first-order valence-corrected chi connectivity index (χ1v) is 5.72. The number of hydrogen-bond acceptors (Lipinski definition) is 2. The van der Waals surface area contributed by atoms with Crippen LogP contribution in [0.3, 0.4) is 0 Å². The minimum absolute atomic E-state index is 0.0869. The quantitative estimate of drug-likeness (QED) is 0.890. The normalized spacial score (nSPS) is 19.5. The van der Waals surface area contributed by atoms with Gasteiger partial charge in [-0.1, -0.05) is 12.1 Å². The Hall–Kier alpha value is -1.42.